The number of para-hydroxylation sites is 4. The zero-order valence-electron chi connectivity index (χ0n) is 43.5. The molecule has 2 heteroatoms. The molecular weight excluding hydrogens is 941 g/mol. The van der Waals surface area contributed by atoms with Gasteiger partial charge in [0.25, 0.3) is 0 Å². The zero-order valence-corrected chi connectivity index (χ0v) is 43.5. The predicted molar refractivity (Wildman–Crippen MR) is 332 cm³/mol. The average Bonchev–Trinajstić information content (AvgIpc) is 4.19. The lowest BCUT2D eigenvalue weighted by Crippen LogP contribution is -1.93. The van der Waals surface area contributed by atoms with Crippen LogP contribution in [-0.4, -0.2) is 9.13 Å². The molecule has 2 heterocycles. The summed E-state index contributed by atoms with van der Waals surface area (Å²) in [6.45, 7) is 4.41. The number of nitrogens with zero attached hydrogens (tertiary/aromatic N) is 2. The van der Waals surface area contributed by atoms with Crippen LogP contribution < -0.4 is 0 Å². The number of aryl methyl sites for hydroxylation is 2. The van der Waals surface area contributed by atoms with Gasteiger partial charge in [-0.05, 0) is 163 Å². The maximum absolute atomic E-state index is 2.38. The van der Waals surface area contributed by atoms with E-state index in [1.165, 1.54) is 154 Å². The number of aromatic nitrogens is 2. The molecule has 2 nitrogen and oxygen atoms in total. The molecule has 0 spiro atoms. The van der Waals surface area contributed by atoms with Gasteiger partial charge < -0.3 is 9.13 Å². The lowest BCUT2D eigenvalue weighted by Gasteiger charge is -2.19. The molecule has 13 aromatic carbocycles. The van der Waals surface area contributed by atoms with Gasteiger partial charge >= 0.3 is 0 Å². The van der Waals surface area contributed by atoms with Crippen LogP contribution in [0, 0.1) is 13.8 Å². The minimum absolute atomic E-state index is 1.17. The van der Waals surface area contributed by atoms with Crippen LogP contribution in [0.5, 0.6) is 0 Å². The van der Waals surface area contributed by atoms with E-state index >= 15 is 0 Å². The van der Waals surface area contributed by atoms with Gasteiger partial charge in [0.15, 0.2) is 0 Å². The third kappa shape index (κ3) is 7.56. The molecule has 0 N–H and O–H groups in total. The molecule has 0 bridgehead atoms. The molecule has 0 radical (unpaired) electrons. The Balaban J connectivity index is 0.733. The van der Waals surface area contributed by atoms with Crippen molar-refractivity contribution in [3.8, 4) is 78.1 Å². The Labute approximate surface area is 454 Å². The van der Waals surface area contributed by atoms with Crippen LogP contribution in [0.15, 0.2) is 279 Å². The van der Waals surface area contributed by atoms with Gasteiger partial charge in [-0.2, -0.15) is 0 Å². The minimum Gasteiger partial charge on any atom is -0.309 e. The molecule has 0 atom stereocenters. The molecule has 0 fully saturated rings. The SMILES string of the molecule is Cc1ccc2c(-c3ccc(-c4ccc(-c5ccc6c(c5)c5ccccc5n6-c5ccccc5)cc4)cc3)c3cc(C)ccc3c(-c3ccc(-c4ccc(-c5ccc6c(c5)c5ccccc5n6-c5ccccc5)cc4)cc3)c2c1. The molecule has 15 aromatic rings. The summed E-state index contributed by atoms with van der Waals surface area (Å²) in [7, 11) is 0. The van der Waals surface area contributed by atoms with E-state index in [2.05, 4.69) is 302 Å². The molecule has 0 aliphatic rings. The van der Waals surface area contributed by atoms with Crippen molar-refractivity contribution >= 4 is 65.2 Å². The monoisotopic (exact) mass is 992 g/mol. The van der Waals surface area contributed by atoms with Crippen molar-refractivity contribution in [2.75, 3.05) is 0 Å². The van der Waals surface area contributed by atoms with Gasteiger partial charge in [-0.25, -0.2) is 0 Å². The fraction of sp³-hybridized carbons (Fsp3) is 0.0263. The van der Waals surface area contributed by atoms with E-state index in [-0.39, 0.29) is 0 Å². The Morgan fingerprint density at radius 2 is 0.487 bits per heavy atom. The van der Waals surface area contributed by atoms with Gasteiger partial charge in [-0.3, -0.25) is 0 Å². The quantitative estimate of drug-likeness (QED) is 0.134. The van der Waals surface area contributed by atoms with E-state index in [1.54, 1.807) is 0 Å². The normalized spacial score (nSPS) is 11.7. The van der Waals surface area contributed by atoms with E-state index < -0.39 is 0 Å². The fourth-order valence-electron chi connectivity index (χ4n) is 12.5. The molecule has 2 aromatic heterocycles. The van der Waals surface area contributed by atoms with Crippen LogP contribution in [0.2, 0.25) is 0 Å². The first-order valence-electron chi connectivity index (χ1n) is 27.1. The van der Waals surface area contributed by atoms with Gasteiger partial charge in [-0.15, -0.1) is 0 Å². The zero-order chi connectivity index (χ0) is 51.8. The summed E-state index contributed by atoms with van der Waals surface area (Å²) in [5, 5.41) is 10.1. The van der Waals surface area contributed by atoms with E-state index in [0.717, 1.165) is 0 Å². The van der Waals surface area contributed by atoms with Crippen LogP contribution in [-0.2, 0) is 0 Å². The molecule has 0 unspecified atom stereocenters. The molecule has 78 heavy (non-hydrogen) atoms. The molecular formula is C76H52N2. The summed E-state index contributed by atoms with van der Waals surface area (Å²) in [5.74, 6) is 0. The molecule has 0 saturated heterocycles. The van der Waals surface area contributed by atoms with Gasteiger partial charge in [0, 0.05) is 32.9 Å². The number of hydrogen-bond donors (Lipinski definition) is 0. The Hall–Kier alpha value is -10.0. The fourth-order valence-corrected chi connectivity index (χ4v) is 12.5. The molecule has 15 rings (SSSR count). The van der Waals surface area contributed by atoms with Crippen molar-refractivity contribution in [2.24, 2.45) is 0 Å². The van der Waals surface area contributed by atoms with E-state index in [0.29, 0.717) is 0 Å². The minimum atomic E-state index is 1.17. The third-order valence-corrected chi connectivity index (χ3v) is 16.3. The second-order valence-electron chi connectivity index (χ2n) is 21.0. The maximum Gasteiger partial charge on any atom is 0.0541 e. The van der Waals surface area contributed by atoms with Crippen molar-refractivity contribution in [3.05, 3.63) is 290 Å². The first kappa shape index (κ1) is 45.4. The number of hydrogen-bond acceptors (Lipinski definition) is 0. The highest BCUT2D eigenvalue weighted by molar-refractivity contribution is 6.22. The number of rotatable bonds is 8. The second-order valence-corrected chi connectivity index (χ2v) is 21.0. The first-order chi connectivity index (χ1) is 38.5. The topological polar surface area (TPSA) is 9.86 Å². The van der Waals surface area contributed by atoms with Crippen LogP contribution in [0.3, 0.4) is 0 Å². The van der Waals surface area contributed by atoms with E-state index in [1.807, 2.05) is 0 Å². The maximum atomic E-state index is 2.38. The summed E-state index contributed by atoms with van der Waals surface area (Å²) >= 11 is 0. The number of fused-ring (bicyclic) bond motifs is 8. The largest absolute Gasteiger partial charge is 0.309 e. The van der Waals surface area contributed by atoms with Gasteiger partial charge in [0.2, 0.25) is 0 Å². The number of benzene rings is 13. The lowest BCUT2D eigenvalue weighted by molar-refractivity contribution is 1.18. The third-order valence-electron chi connectivity index (χ3n) is 16.3. The van der Waals surface area contributed by atoms with Gasteiger partial charge in [0.05, 0.1) is 22.1 Å². The van der Waals surface area contributed by atoms with E-state index in [9.17, 15) is 0 Å². The average molecular weight is 993 g/mol. The van der Waals surface area contributed by atoms with Crippen LogP contribution in [0.1, 0.15) is 11.1 Å². The standard InChI is InChI=1S/C76H52N2/c1-49-21-41-65-69(45-49)75(57-35-31-53(32-36-57)51-23-27-55(28-24-51)59-39-43-73-67(47-59)63-17-9-11-19-71(63)77(73)61-13-5-3-6-14-61)66-42-22-50(2)46-70(66)76(65)58-37-33-54(34-38-58)52-25-29-56(30-26-52)60-40-44-74-68(48-60)64-18-10-12-20-72(64)78(74)62-15-7-4-8-16-62/h3-48H,1-2H3. The van der Waals surface area contributed by atoms with Crippen LogP contribution >= 0.6 is 0 Å². The summed E-state index contributed by atoms with van der Waals surface area (Å²) in [5.41, 5.74) is 24.3. The Morgan fingerprint density at radius 1 is 0.192 bits per heavy atom. The van der Waals surface area contributed by atoms with Crippen molar-refractivity contribution in [2.45, 2.75) is 13.8 Å². The first-order valence-corrected chi connectivity index (χ1v) is 27.1. The van der Waals surface area contributed by atoms with Gasteiger partial charge in [-0.1, -0.05) is 230 Å². The second kappa shape index (κ2) is 18.4. The van der Waals surface area contributed by atoms with Gasteiger partial charge in [0.1, 0.15) is 0 Å². The predicted octanol–water partition coefficient (Wildman–Crippen LogP) is 20.8. The molecule has 366 valence electrons. The van der Waals surface area contributed by atoms with Crippen molar-refractivity contribution in [1.29, 1.82) is 0 Å². The molecule has 0 aliphatic carbocycles. The molecule has 0 saturated carbocycles. The van der Waals surface area contributed by atoms with Crippen molar-refractivity contribution < 1.29 is 0 Å². The van der Waals surface area contributed by atoms with Crippen LogP contribution in [0.4, 0.5) is 0 Å². The highest BCUT2D eigenvalue weighted by atomic mass is 15.0. The lowest BCUT2D eigenvalue weighted by atomic mass is 9.84. The van der Waals surface area contributed by atoms with Crippen LogP contribution in [0.25, 0.3) is 143 Å². The van der Waals surface area contributed by atoms with Crippen molar-refractivity contribution in [3.63, 3.8) is 0 Å². The highest BCUT2D eigenvalue weighted by Gasteiger charge is 2.19. The Kier molecular flexibility index (Phi) is 10.7. The Morgan fingerprint density at radius 3 is 0.859 bits per heavy atom. The summed E-state index contributed by atoms with van der Waals surface area (Å²) in [4.78, 5) is 0. The van der Waals surface area contributed by atoms with Crippen molar-refractivity contribution in [1.82, 2.24) is 9.13 Å². The molecule has 0 aliphatic heterocycles. The Bertz CT molecular complexity index is 4480. The highest BCUT2D eigenvalue weighted by Crippen LogP contribution is 2.46. The van der Waals surface area contributed by atoms with E-state index in [4.69, 9.17) is 0 Å². The summed E-state index contributed by atoms with van der Waals surface area (Å²) in [6, 6.07) is 103. The summed E-state index contributed by atoms with van der Waals surface area (Å²) in [6.07, 6.45) is 0. The summed E-state index contributed by atoms with van der Waals surface area (Å²) < 4.78 is 4.74. The molecule has 0 amide bonds. The smallest absolute Gasteiger partial charge is 0.0541 e.